The molecule has 0 aromatic rings. The third-order valence-corrected chi connectivity index (χ3v) is 4.40. The summed E-state index contributed by atoms with van der Waals surface area (Å²) >= 11 is 0. The maximum absolute atomic E-state index is 12.6. The normalized spacial score (nSPS) is 23.8. The van der Waals surface area contributed by atoms with E-state index in [4.69, 9.17) is 4.74 Å². The van der Waals surface area contributed by atoms with Crippen molar-refractivity contribution in [1.82, 2.24) is 10.2 Å². The van der Waals surface area contributed by atoms with Crippen molar-refractivity contribution < 1.29 is 9.53 Å². The second kappa shape index (κ2) is 10.2. The zero-order valence-electron chi connectivity index (χ0n) is 14.4. The van der Waals surface area contributed by atoms with Gasteiger partial charge in [-0.1, -0.05) is 47.0 Å². The lowest BCUT2D eigenvalue weighted by Crippen LogP contribution is -2.38. The first-order valence-electron chi connectivity index (χ1n) is 8.79. The van der Waals surface area contributed by atoms with E-state index in [9.17, 15) is 4.79 Å². The van der Waals surface area contributed by atoms with Crippen molar-refractivity contribution in [1.29, 1.82) is 0 Å². The molecule has 0 spiro atoms. The molecule has 1 saturated heterocycles. The molecule has 3 unspecified atom stereocenters. The van der Waals surface area contributed by atoms with Gasteiger partial charge < -0.3 is 9.64 Å². The van der Waals surface area contributed by atoms with E-state index in [-0.39, 0.29) is 18.1 Å². The number of carbonyl (C=O) groups excluding carboxylic acids is 1. The molecule has 0 saturated carbocycles. The van der Waals surface area contributed by atoms with Gasteiger partial charge in [-0.25, -0.2) is 0 Å². The van der Waals surface area contributed by atoms with Crippen LogP contribution in [0.4, 0.5) is 0 Å². The van der Waals surface area contributed by atoms with Gasteiger partial charge in [0.1, 0.15) is 0 Å². The molecule has 1 amide bonds. The van der Waals surface area contributed by atoms with Crippen LogP contribution in [-0.4, -0.2) is 42.8 Å². The van der Waals surface area contributed by atoms with Crippen molar-refractivity contribution >= 4 is 5.91 Å². The van der Waals surface area contributed by atoms with Crippen molar-refractivity contribution in [3.05, 3.63) is 0 Å². The lowest BCUT2D eigenvalue weighted by atomic mass is 9.99. The van der Waals surface area contributed by atoms with Crippen LogP contribution < -0.4 is 5.32 Å². The molecule has 0 aliphatic carbocycles. The molecule has 21 heavy (non-hydrogen) atoms. The van der Waals surface area contributed by atoms with Gasteiger partial charge in [-0.3, -0.25) is 10.1 Å². The molecule has 1 heterocycles. The van der Waals surface area contributed by atoms with Crippen LogP contribution in [0.15, 0.2) is 0 Å². The molecule has 4 heteroatoms. The van der Waals surface area contributed by atoms with Crippen LogP contribution in [0.5, 0.6) is 0 Å². The third kappa shape index (κ3) is 5.59. The number of ether oxygens (including phenoxy) is 1. The molecule has 0 aromatic heterocycles. The van der Waals surface area contributed by atoms with Crippen molar-refractivity contribution in [2.75, 3.05) is 19.8 Å². The number of hydrogen-bond donors (Lipinski definition) is 1. The van der Waals surface area contributed by atoms with E-state index in [1.54, 1.807) is 0 Å². The molecule has 124 valence electrons. The summed E-state index contributed by atoms with van der Waals surface area (Å²) in [6.45, 7) is 11.1. The maximum Gasteiger partial charge on any atom is 0.241 e. The minimum Gasteiger partial charge on any atom is -0.381 e. The Hall–Kier alpha value is -0.610. The molecule has 1 N–H and O–H groups in total. The summed E-state index contributed by atoms with van der Waals surface area (Å²) in [5.41, 5.74) is 0. The predicted octanol–water partition coefficient (Wildman–Crippen LogP) is 3.17. The number of hydrogen-bond acceptors (Lipinski definition) is 3. The SMILES string of the molecule is CCCCOCCCN1C(=O)C(C(C)CC)NC1CCC. The summed E-state index contributed by atoms with van der Waals surface area (Å²) in [7, 11) is 0. The average molecular weight is 298 g/mol. The number of rotatable bonds is 11. The number of nitrogens with one attached hydrogen (secondary N) is 1. The van der Waals surface area contributed by atoms with E-state index in [1.165, 1.54) is 6.42 Å². The van der Waals surface area contributed by atoms with E-state index in [0.29, 0.717) is 5.92 Å². The summed E-state index contributed by atoms with van der Waals surface area (Å²) in [6.07, 6.45) is 6.62. The van der Waals surface area contributed by atoms with Gasteiger partial charge in [0, 0.05) is 19.8 Å². The van der Waals surface area contributed by atoms with Gasteiger partial charge in [-0.15, -0.1) is 0 Å². The number of carbonyl (C=O) groups is 1. The first kappa shape index (κ1) is 18.4. The zero-order valence-corrected chi connectivity index (χ0v) is 14.4. The van der Waals surface area contributed by atoms with E-state index in [0.717, 1.165) is 51.9 Å². The smallest absolute Gasteiger partial charge is 0.241 e. The fourth-order valence-electron chi connectivity index (χ4n) is 2.81. The Morgan fingerprint density at radius 3 is 2.52 bits per heavy atom. The van der Waals surface area contributed by atoms with Crippen LogP contribution in [0.1, 0.15) is 66.2 Å². The lowest BCUT2D eigenvalue weighted by Gasteiger charge is -2.23. The molecule has 3 atom stereocenters. The van der Waals surface area contributed by atoms with Crippen molar-refractivity contribution in [2.45, 2.75) is 78.4 Å². The Morgan fingerprint density at radius 1 is 1.19 bits per heavy atom. The zero-order chi connectivity index (χ0) is 15.7. The summed E-state index contributed by atoms with van der Waals surface area (Å²) < 4.78 is 5.60. The molecule has 0 bridgehead atoms. The highest BCUT2D eigenvalue weighted by atomic mass is 16.5. The van der Waals surface area contributed by atoms with Gasteiger partial charge in [0.05, 0.1) is 12.2 Å². The molecule has 0 radical (unpaired) electrons. The number of amides is 1. The second-order valence-electron chi connectivity index (χ2n) is 6.19. The van der Waals surface area contributed by atoms with Crippen LogP contribution in [0.3, 0.4) is 0 Å². The molecule has 1 rings (SSSR count). The Balaban J connectivity index is 2.42. The highest BCUT2D eigenvalue weighted by Crippen LogP contribution is 2.21. The summed E-state index contributed by atoms with van der Waals surface area (Å²) in [6, 6.07) is 0.00700. The molecule has 0 aromatic carbocycles. The van der Waals surface area contributed by atoms with Crippen molar-refractivity contribution in [3.63, 3.8) is 0 Å². The number of nitrogens with zero attached hydrogens (tertiary/aromatic N) is 1. The lowest BCUT2D eigenvalue weighted by molar-refractivity contribution is -0.131. The predicted molar refractivity (Wildman–Crippen MR) is 87.1 cm³/mol. The fraction of sp³-hybridized carbons (Fsp3) is 0.941. The largest absolute Gasteiger partial charge is 0.381 e. The molecule has 1 aliphatic heterocycles. The fourth-order valence-corrected chi connectivity index (χ4v) is 2.81. The van der Waals surface area contributed by atoms with Crippen molar-refractivity contribution in [2.24, 2.45) is 5.92 Å². The summed E-state index contributed by atoms with van der Waals surface area (Å²) in [5, 5.41) is 3.54. The molecule has 4 nitrogen and oxygen atoms in total. The average Bonchev–Trinajstić information content (AvgIpc) is 2.79. The minimum atomic E-state index is 0.00700. The Morgan fingerprint density at radius 2 is 1.90 bits per heavy atom. The first-order valence-corrected chi connectivity index (χ1v) is 8.79. The highest BCUT2D eigenvalue weighted by Gasteiger charge is 2.39. The van der Waals surface area contributed by atoms with Crippen LogP contribution in [-0.2, 0) is 9.53 Å². The van der Waals surface area contributed by atoms with Crippen molar-refractivity contribution in [3.8, 4) is 0 Å². The third-order valence-electron chi connectivity index (χ3n) is 4.40. The monoisotopic (exact) mass is 298 g/mol. The van der Waals surface area contributed by atoms with Crippen LogP contribution in [0.2, 0.25) is 0 Å². The van der Waals surface area contributed by atoms with Gasteiger partial charge in [0.15, 0.2) is 0 Å². The van der Waals surface area contributed by atoms with E-state index >= 15 is 0 Å². The van der Waals surface area contributed by atoms with Gasteiger partial charge in [-0.05, 0) is 25.2 Å². The van der Waals surface area contributed by atoms with Crippen LogP contribution >= 0.6 is 0 Å². The highest BCUT2D eigenvalue weighted by molar-refractivity contribution is 5.84. The van der Waals surface area contributed by atoms with Gasteiger partial charge in [0.25, 0.3) is 0 Å². The second-order valence-corrected chi connectivity index (χ2v) is 6.19. The Labute approximate surface area is 130 Å². The standard InChI is InChI=1S/C17H34N2O2/c1-5-8-12-21-13-9-11-19-15(10-6-2)18-16(17(19)20)14(4)7-3/h14-16,18H,5-13H2,1-4H3. The van der Waals surface area contributed by atoms with Crippen LogP contribution in [0.25, 0.3) is 0 Å². The Kier molecular flexibility index (Phi) is 8.93. The Bertz CT molecular complexity index is 297. The van der Waals surface area contributed by atoms with Gasteiger partial charge in [0.2, 0.25) is 5.91 Å². The molecular formula is C17H34N2O2. The molecule has 1 aliphatic rings. The first-order chi connectivity index (χ1) is 10.2. The molecular weight excluding hydrogens is 264 g/mol. The molecule has 1 fully saturated rings. The van der Waals surface area contributed by atoms with Gasteiger partial charge in [-0.2, -0.15) is 0 Å². The summed E-state index contributed by atoms with van der Waals surface area (Å²) in [5.74, 6) is 0.694. The topological polar surface area (TPSA) is 41.6 Å². The van der Waals surface area contributed by atoms with E-state index in [2.05, 4.69) is 33.0 Å². The minimum absolute atomic E-state index is 0.00700. The van der Waals surface area contributed by atoms with E-state index in [1.807, 2.05) is 4.90 Å². The maximum atomic E-state index is 12.6. The summed E-state index contributed by atoms with van der Waals surface area (Å²) in [4.78, 5) is 14.6. The van der Waals surface area contributed by atoms with Gasteiger partial charge >= 0.3 is 0 Å². The van der Waals surface area contributed by atoms with Crippen LogP contribution in [0, 0.1) is 5.92 Å². The number of unbranched alkanes of at least 4 members (excludes halogenated alkanes) is 1. The quantitative estimate of drug-likeness (QED) is 0.596. The van der Waals surface area contributed by atoms with E-state index < -0.39 is 0 Å².